The highest BCUT2D eigenvalue weighted by atomic mass is 16.2. The van der Waals surface area contributed by atoms with Crippen LogP contribution in [-0.4, -0.2) is 20.7 Å². The van der Waals surface area contributed by atoms with Gasteiger partial charge in [-0.3, -0.25) is 14.5 Å². The second kappa shape index (κ2) is 3.98. The highest BCUT2D eigenvalue weighted by Gasteiger charge is 2.17. The van der Waals surface area contributed by atoms with Crippen LogP contribution in [0.2, 0.25) is 0 Å². The lowest BCUT2D eigenvalue weighted by Gasteiger charge is -2.04. The predicted molar refractivity (Wildman–Crippen MR) is 74.1 cm³/mol. The molecule has 0 saturated carbocycles. The largest absolute Gasteiger partial charge is 0.398 e. The molecular formula is C14H14N4O. The molecule has 0 bridgehead atoms. The molecule has 2 aromatic heterocycles. The number of nitrogens with two attached hydrogens (primary N) is 1. The van der Waals surface area contributed by atoms with E-state index in [1.807, 2.05) is 38.1 Å². The highest BCUT2D eigenvalue weighted by Crippen LogP contribution is 2.25. The average molecular weight is 254 g/mol. The first kappa shape index (κ1) is 11.5. The molecule has 0 spiro atoms. The molecule has 1 aromatic carbocycles. The lowest BCUT2D eigenvalue weighted by atomic mass is 10.2. The van der Waals surface area contributed by atoms with Crippen molar-refractivity contribution < 1.29 is 4.79 Å². The van der Waals surface area contributed by atoms with E-state index in [-0.39, 0.29) is 5.91 Å². The van der Waals surface area contributed by atoms with Crippen molar-refractivity contribution in [2.75, 3.05) is 5.73 Å². The van der Waals surface area contributed by atoms with Crippen molar-refractivity contribution in [3.63, 3.8) is 0 Å². The van der Waals surface area contributed by atoms with Crippen molar-refractivity contribution in [1.82, 2.24) is 14.8 Å². The number of fused-ring (bicyclic) bond motifs is 1. The van der Waals surface area contributed by atoms with Crippen molar-refractivity contribution in [3.05, 3.63) is 47.4 Å². The summed E-state index contributed by atoms with van der Waals surface area (Å²) in [7, 11) is 0. The van der Waals surface area contributed by atoms with Crippen LogP contribution in [0.15, 0.2) is 30.3 Å². The summed E-state index contributed by atoms with van der Waals surface area (Å²) in [5.41, 5.74) is 9.52. The number of carbonyl (C=O) groups excluding carboxylic acids is 1. The Morgan fingerprint density at radius 2 is 2.11 bits per heavy atom. The van der Waals surface area contributed by atoms with Gasteiger partial charge < -0.3 is 5.73 Å². The Hall–Kier alpha value is -2.56. The fourth-order valence-corrected chi connectivity index (χ4v) is 2.30. The number of hydrogen-bond acceptors (Lipinski definition) is 3. The van der Waals surface area contributed by atoms with E-state index in [1.54, 1.807) is 10.6 Å². The first-order chi connectivity index (χ1) is 9.08. The Morgan fingerprint density at radius 1 is 1.32 bits per heavy atom. The Morgan fingerprint density at radius 3 is 2.79 bits per heavy atom. The van der Waals surface area contributed by atoms with Gasteiger partial charge in [0.25, 0.3) is 5.91 Å². The molecule has 0 aliphatic heterocycles. The lowest BCUT2D eigenvalue weighted by Crippen LogP contribution is -2.13. The number of aromatic amines is 1. The highest BCUT2D eigenvalue weighted by molar-refractivity contribution is 6.04. The number of nitrogen functional groups attached to an aromatic ring is 1. The molecule has 96 valence electrons. The molecule has 0 aliphatic rings. The minimum Gasteiger partial charge on any atom is -0.398 e. The van der Waals surface area contributed by atoms with E-state index in [0.29, 0.717) is 11.4 Å². The maximum Gasteiger partial charge on any atom is 0.283 e. The van der Waals surface area contributed by atoms with Crippen LogP contribution < -0.4 is 5.73 Å². The monoisotopic (exact) mass is 254 g/mol. The van der Waals surface area contributed by atoms with E-state index in [4.69, 9.17) is 5.73 Å². The van der Waals surface area contributed by atoms with Gasteiger partial charge in [0.1, 0.15) is 0 Å². The standard InChI is InChI=1S/C14H14N4O/c1-8-6-12(17-16-8)14(19)18-9(2)7-10-11(15)4-3-5-13(10)18/h3-7H,15H2,1-2H3,(H,16,17). The smallest absolute Gasteiger partial charge is 0.283 e. The van der Waals surface area contributed by atoms with Crippen molar-refractivity contribution in [3.8, 4) is 0 Å². The number of nitrogens with zero attached hydrogens (tertiary/aromatic N) is 2. The first-order valence-electron chi connectivity index (χ1n) is 6.01. The van der Waals surface area contributed by atoms with Gasteiger partial charge >= 0.3 is 0 Å². The maximum atomic E-state index is 12.5. The zero-order valence-corrected chi connectivity index (χ0v) is 10.8. The third kappa shape index (κ3) is 1.71. The Balaban J connectivity index is 2.23. The van der Waals surface area contributed by atoms with Gasteiger partial charge in [0.15, 0.2) is 5.69 Å². The van der Waals surface area contributed by atoms with E-state index >= 15 is 0 Å². The van der Waals surface area contributed by atoms with Gasteiger partial charge in [-0.05, 0) is 38.1 Å². The second-order valence-corrected chi connectivity index (χ2v) is 4.64. The molecule has 19 heavy (non-hydrogen) atoms. The van der Waals surface area contributed by atoms with Crippen LogP contribution >= 0.6 is 0 Å². The number of carbonyl (C=O) groups is 1. The number of aryl methyl sites for hydroxylation is 2. The summed E-state index contributed by atoms with van der Waals surface area (Å²) >= 11 is 0. The van der Waals surface area contributed by atoms with Crippen molar-refractivity contribution in [2.45, 2.75) is 13.8 Å². The van der Waals surface area contributed by atoms with Gasteiger partial charge in [0.05, 0.1) is 5.52 Å². The number of nitrogens with one attached hydrogen (secondary N) is 1. The van der Waals surface area contributed by atoms with E-state index < -0.39 is 0 Å². The zero-order valence-electron chi connectivity index (χ0n) is 10.8. The molecule has 3 rings (SSSR count). The quantitative estimate of drug-likeness (QED) is 0.654. The van der Waals surface area contributed by atoms with Crippen LogP contribution in [0, 0.1) is 13.8 Å². The topological polar surface area (TPSA) is 76.7 Å². The Bertz CT molecular complexity index is 782. The number of benzene rings is 1. The van der Waals surface area contributed by atoms with Gasteiger partial charge in [-0.1, -0.05) is 6.07 Å². The van der Waals surface area contributed by atoms with Gasteiger partial charge in [0, 0.05) is 22.5 Å². The summed E-state index contributed by atoms with van der Waals surface area (Å²) in [6.45, 7) is 3.75. The van der Waals surface area contributed by atoms with Gasteiger partial charge in [-0.15, -0.1) is 0 Å². The molecule has 5 heteroatoms. The van der Waals surface area contributed by atoms with Crippen LogP contribution in [0.4, 0.5) is 5.69 Å². The molecule has 3 aromatic rings. The van der Waals surface area contributed by atoms with Gasteiger partial charge in [-0.2, -0.15) is 5.10 Å². The molecule has 0 atom stereocenters. The summed E-state index contributed by atoms with van der Waals surface area (Å²) < 4.78 is 1.64. The third-order valence-corrected chi connectivity index (χ3v) is 3.19. The van der Waals surface area contributed by atoms with Crippen LogP contribution in [0.5, 0.6) is 0 Å². The molecule has 0 fully saturated rings. The van der Waals surface area contributed by atoms with Crippen LogP contribution in [-0.2, 0) is 0 Å². The Kier molecular flexibility index (Phi) is 2.41. The number of anilines is 1. The zero-order chi connectivity index (χ0) is 13.6. The summed E-state index contributed by atoms with van der Waals surface area (Å²) in [6.07, 6.45) is 0. The molecule has 0 saturated heterocycles. The summed E-state index contributed by atoms with van der Waals surface area (Å²) in [4.78, 5) is 12.5. The van der Waals surface area contributed by atoms with Crippen LogP contribution in [0.25, 0.3) is 10.9 Å². The van der Waals surface area contributed by atoms with Gasteiger partial charge in [0.2, 0.25) is 0 Å². The second-order valence-electron chi connectivity index (χ2n) is 4.64. The molecule has 5 nitrogen and oxygen atoms in total. The molecule has 0 unspecified atom stereocenters. The van der Waals surface area contributed by atoms with E-state index in [2.05, 4.69) is 10.2 Å². The van der Waals surface area contributed by atoms with E-state index in [1.165, 1.54) is 0 Å². The third-order valence-electron chi connectivity index (χ3n) is 3.19. The SMILES string of the molecule is Cc1cc(C(=O)n2c(C)cc3c(N)cccc32)n[nH]1. The number of aromatic nitrogens is 3. The number of rotatable bonds is 1. The summed E-state index contributed by atoms with van der Waals surface area (Å²) in [6, 6.07) is 9.21. The first-order valence-corrected chi connectivity index (χ1v) is 6.01. The fraction of sp³-hybridized carbons (Fsp3) is 0.143. The maximum absolute atomic E-state index is 12.5. The van der Waals surface area contributed by atoms with Crippen molar-refractivity contribution in [1.29, 1.82) is 0 Å². The lowest BCUT2D eigenvalue weighted by molar-refractivity contribution is 0.0958. The molecule has 3 N–H and O–H groups in total. The average Bonchev–Trinajstić information content (AvgIpc) is 2.93. The number of hydrogen-bond donors (Lipinski definition) is 2. The van der Waals surface area contributed by atoms with E-state index in [9.17, 15) is 4.79 Å². The molecule has 2 heterocycles. The van der Waals surface area contributed by atoms with E-state index in [0.717, 1.165) is 22.3 Å². The fourth-order valence-electron chi connectivity index (χ4n) is 2.30. The number of H-pyrrole nitrogens is 1. The molecular weight excluding hydrogens is 240 g/mol. The van der Waals surface area contributed by atoms with Crippen molar-refractivity contribution >= 4 is 22.5 Å². The van der Waals surface area contributed by atoms with Gasteiger partial charge in [-0.25, -0.2) is 0 Å². The molecule has 0 radical (unpaired) electrons. The Labute approximate surface area is 110 Å². The normalized spacial score (nSPS) is 11.1. The minimum absolute atomic E-state index is 0.151. The molecule has 0 amide bonds. The summed E-state index contributed by atoms with van der Waals surface area (Å²) in [5, 5.41) is 7.69. The summed E-state index contributed by atoms with van der Waals surface area (Å²) in [5.74, 6) is -0.151. The minimum atomic E-state index is -0.151. The van der Waals surface area contributed by atoms with Crippen LogP contribution in [0.1, 0.15) is 21.9 Å². The molecule has 0 aliphatic carbocycles. The van der Waals surface area contributed by atoms with Crippen LogP contribution in [0.3, 0.4) is 0 Å². The predicted octanol–water partition coefficient (Wildman–Crippen LogP) is 2.25. The van der Waals surface area contributed by atoms with Crippen molar-refractivity contribution in [2.24, 2.45) is 0 Å².